The van der Waals surface area contributed by atoms with E-state index >= 15 is 0 Å². The van der Waals surface area contributed by atoms with E-state index in [9.17, 15) is 14.7 Å². The van der Waals surface area contributed by atoms with Crippen molar-refractivity contribution >= 4 is 23.2 Å². The molecular weight excluding hydrogens is 268 g/mol. The summed E-state index contributed by atoms with van der Waals surface area (Å²) >= 11 is 0. The number of aromatic hydroxyl groups is 1. The molecule has 21 heavy (non-hydrogen) atoms. The molecule has 0 spiro atoms. The van der Waals surface area contributed by atoms with Crippen molar-refractivity contribution in [1.82, 2.24) is 0 Å². The van der Waals surface area contributed by atoms with Gasteiger partial charge in [-0.25, -0.2) is 4.90 Å². The number of hydrogen-bond donors (Lipinski definition) is 2. The minimum atomic E-state index is -0.351. The van der Waals surface area contributed by atoms with Crippen molar-refractivity contribution in [3.8, 4) is 5.75 Å². The zero-order valence-electron chi connectivity index (χ0n) is 11.2. The lowest BCUT2D eigenvalue weighted by Crippen LogP contribution is -2.44. The first-order valence-corrected chi connectivity index (χ1v) is 6.62. The van der Waals surface area contributed by atoms with E-state index in [4.69, 9.17) is 0 Å². The maximum absolute atomic E-state index is 12.5. The highest BCUT2D eigenvalue weighted by Gasteiger charge is 2.29. The number of amides is 2. The molecule has 2 N–H and O–H groups in total. The highest BCUT2D eigenvalue weighted by atomic mass is 16.3. The molecule has 0 saturated carbocycles. The van der Waals surface area contributed by atoms with Crippen LogP contribution in [-0.2, 0) is 16.0 Å². The molecule has 0 unspecified atom stereocenters. The smallest absolute Gasteiger partial charge is 0.253 e. The number of imide groups is 1. The third kappa shape index (κ3) is 2.45. The Hall–Kier alpha value is -2.82. The van der Waals surface area contributed by atoms with Crippen molar-refractivity contribution in [3.05, 3.63) is 54.1 Å². The number of benzene rings is 2. The zero-order chi connectivity index (χ0) is 14.8. The number of phenolic OH excluding ortho intramolecular Hbond substituents is 1. The van der Waals surface area contributed by atoms with Gasteiger partial charge in [-0.1, -0.05) is 30.3 Å². The first-order valence-electron chi connectivity index (χ1n) is 6.62. The highest BCUT2D eigenvalue weighted by Crippen LogP contribution is 2.30. The summed E-state index contributed by atoms with van der Waals surface area (Å²) in [5.74, 6) is -0.591. The Morgan fingerprint density at radius 3 is 2.67 bits per heavy atom. The quantitative estimate of drug-likeness (QED) is 0.883. The molecular formula is C16H14N2O3. The van der Waals surface area contributed by atoms with Crippen LogP contribution in [0.1, 0.15) is 5.56 Å². The minimum Gasteiger partial charge on any atom is -0.508 e. The molecule has 0 bridgehead atoms. The van der Waals surface area contributed by atoms with E-state index in [1.807, 2.05) is 12.1 Å². The molecule has 0 radical (unpaired) electrons. The molecule has 1 heterocycles. The van der Waals surface area contributed by atoms with Crippen LogP contribution in [0, 0.1) is 0 Å². The van der Waals surface area contributed by atoms with Gasteiger partial charge in [0.25, 0.3) is 5.91 Å². The Morgan fingerprint density at radius 1 is 1.14 bits per heavy atom. The molecule has 0 saturated heterocycles. The van der Waals surface area contributed by atoms with Crippen LogP contribution in [0.25, 0.3) is 0 Å². The molecule has 0 fully saturated rings. The Labute approximate surface area is 121 Å². The van der Waals surface area contributed by atoms with Gasteiger partial charge in [0.1, 0.15) is 5.75 Å². The monoisotopic (exact) mass is 282 g/mol. The summed E-state index contributed by atoms with van der Waals surface area (Å²) in [6, 6.07) is 13.8. The summed E-state index contributed by atoms with van der Waals surface area (Å²) in [7, 11) is 0. The lowest BCUT2D eigenvalue weighted by Gasteiger charge is -2.28. The number of rotatable bonds is 2. The topological polar surface area (TPSA) is 69.6 Å². The second-order valence-corrected chi connectivity index (χ2v) is 4.80. The number of phenols is 1. The van der Waals surface area contributed by atoms with Crippen molar-refractivity contribution in [2.75, 3.05) is 16.8 Å². The zero-order valence-corrected chi connectivity index (χ0v) is 11.2. The van der Waals surface area contributed by atoms with Crippen molar-refractivity contribution in [2.45, 2.75) is 6.42 Å². The number of para-hydroxylation sites is 3. The fourth-order valence-electron chi connectivity index (χ4n) is 2.38. The second-order valence-electron chi connectivity index (χ2n) is 4.80. The molecule has 5 nitrogen and oxygen atoms in total. The normalized spacial score (nSPS) is 13.5. The van der Waals surface area contributed by atoms with E-state index in [1.54, 1.807) is 30.3 Å². The average Bonchev–Trinajstić information content (AvgIpc) is 2.49. The lowest BCUT2D eigenvalue weighted by atomic mass is 10.1. The summed E-state index contributed by atoms with van der Waals surface area (Å²) in [6.07, 6.45) is -0.0211. The van der Waals surface area contributed by atoms with Crippen molar-refractivity contribution in [1.29, 1.82) is 0 Å². The Balaban J connectivity index is 1.91. The number of anilines is 2. The number of nitrogens with zero attached hydrogens (tertiary/aromatic N) is 1. The van der Waals surface area contributed by atoms with Crippen LogP contribution >= 0.6 is 0 Å². The van der Waals surface area contributed by atoms with Gasteiger partial charge in [-0.2, -0.15) is 0 Å². The minimum absolute atomic E-state index is 0.0211. The summed E-state index contributed by atoms with van der Waals surface area (Å²) < 4.78 is 0. The first-order chi connectivity index (χ1) is 10.2. The van der Waals surface area contributed by atoms with Gasteiger partial charge in [0.05, 0.1) is 24.3 Å². The molecule has 106 valence electrons. The predicted molar refractivity (Wildman–Crippen MR) is 79.2 cm³/mol. The fraction of sp³-hybridized carbons (Fsp3) is 0.125. The van der Waals surface area contributed by atoms with Crippen LogP contribution in [-0.4, -0.2) is 23.5 Å². The number of carbonyl (C=O) groups excluding carboxylic acids is 2. The number of nitrogens with one attached hydrogen (secondary N) is 1. The lowest BCUT2D eigenvalue weighted by molar-refractivity contribution is -0.125. The van der Waals surface area contributed by atoms with E-state index in [-0.39, 0.29) is 30.5 Å². The van der Waals surface area contributed by atoms with Crippen molar-refractivity contribution in [3.63, 3.8) is 0 Å². The number of hydrogen-bond acceptors (Lipinski definition) is 4. The SMILES string of the molecule is O=C1CNc2ccccc2N1C(=O)Cc1ccccc1O. The predicted octanol–water partition coefficient (Wildman–Crippen LogP) is 1.92. The maximum atomic E-state index is 12.5. The molecule has 1 aliphatic rings. The van der Waals surface area contributed by atoms with Gasteiger partial charge in [0, 0.05) is 5.56 Å². The van der Waals surface area contributed by atoms with Crippen LogP contribution < -0.4 is 10.2 Å². The van der Waals surface area contributed by atoms with E-state index in [2.05, 4.69) is 5.32 Å². The molecule has 0 aliphatic carbocycles. The largest absolute Gasteiger partial charge is 0.508 e. The van der Waals surface area contributed by atoms with Crippen LogP contribution in [0.5, 0.6) is 5.75 Å². The fourth-order valence-corrected chi connectivity index (χ4v) is 2.38. The summed E-state index contributed by atoms with van der Waals surface area (Å²) in [5, 5.41) is 12.7. The third-order valence-corrected chi connectivity index (χ3v) is 3.41. The van der Waals surface area contributed by atoms with Gasteiger partial charge in [-0.15, -0.1) is 0 Å². The first kappa shape index (κ1) is 13.2. The molecule has 2 aromatic carbocycles. The summed E-state index contributed by atoms with van der Waals surface area (Å²) in [4.78, 5) is 25.7. The van der Waals surface area contributed by atoms with Crippen molar-refractivity contribution in [2.24, 2.45) is 0 Å². The van der Waals surface area contributed by atoms with Gasteiger partial charge in [0.15, 0.2) is 0 Å². The average molecular weight is 282 g/mol. The van der Waals surface area contributed by atoms with Crippen LogP contribution in [0.15, 0.2) is 48.5 Å². The number of fused-ring (bicyclic) bond motifs is 1. The van der Waals surface area contributed by atoms with Gasteiger partial charge < -0.3 is 10.4 Å². The van der Waals surface area contributed by atoms with Crippen LogP contribution in [0.4, 0.5) is 11.4 Å². The van der Waals surface area contributed by atoms with E-state index in [1.165, 1.54) is 11.0 Å². The molecule has 3 rings (SSSR count). The van der Waals surface area contributed by atoms with Gasteiger partial charge in [-0.3, -0.25) is 9.59 Å². The van der Waals surface area contributed by atoms with Gasteiger partial charge in [0.2, 0.25) is 5.91 Å². The second kappa shape index (κ2) is 5.28. The summed E-state index contributed by atoms with van der Waals surface area (Å²) in [5.41, 5.74) is 1.81. The molecule has 2 aromatic rings. The van der Waals surface area contributed by atoms with Gasteiger partial charge >= 0.3 is 0 Å². The van der Waals surface area contributed by atoms with Crippen LogP contribution in [0.2, 0.25) is 0 Å². The molecule has 2 amide bonds. The van der Waals surface area contributed by atoms with Crippen molar-refractivity contribution < 1.29 is 14.7 Å². The van der Waals surface area contributed by atoms with Gasteiger partial charge in [-0.05, 0) is 18.2 Å². The van der Waals surface area contributed by atoms with E-state index < -0.39 is 0 Å². The molecule has 0 aromatic heterocycles. The van der Waals surface area contributed by atoms with E-state index in [0.29, 0.717) is 11.3 Å². The molecule has 0 atom stereocenters. The maximum Gasteiger partial charge on any atom is 0.253 e. The third-order valence-electron chi connectivity index (χ3n) is 3.41. The van der Waals surface area contributed by atoms with Crippen LogP contribution in [0.3, 0.4) is 0 Å². The highest BCUT2D eigenvalue weighted by molar-refractivity contribution is 6.19. The standard InChI is InChI=1S/C16H14N2O3/c19-14-8-4-1-5-11(14)9-15(20)18-13-7-3-2-6-12(13)17-10-16(18)21/h1-8,17,19H,9-10H2. The Bertz CT molecular complexity index is 712. The molecule has 5 heteroatoms. The molecule has 1 aliphatic heterocycles. The number of carbonyl (C=O) groups is 2. The van der Waals surface area contributed by atoms with E-state index in [0.717, 1.165) is 5.69 Å². The summed E-state index contributed by atoms with van der Waals surface area (Å²) in [6.45, 7) is 0.0868. The Kier molecular flexibility index (Phi) is 3.31. The Morgan fingerprint density at radius 2 is 1.86 bits per heavy atom.